The fourth-order valence-electron chi connectivity index (χ4n) is 4.89. The van der Waals surface area contributed by atoms with E-state index < -0.39 is 0 Å². The average Bonchev–Trinajstić information content (AvgIpc) is 2.96. The minimum Gasteiger partial charge on any atom is -0.493 e. The number of benzene rings is 2. The highest BCUT2D eigenvalue weighted by Crippen LogP contribution is 2.39. The lowest BCUT2D eigenvalue weighted by atomic mass is 9.77. The number of nitrogens with zero attached hydrogens (tertiary/aromatic N) is 3. The number of rotatable bonds is 10. The number of hydrogen-bond donors (Lipinski definition) is 2. The zero-order valence-electron chi connectivity index (χ0n) is 23.2. The van der Waals surface area contributed by atoms with Crippen LogP contribution in [0.5, 0.6) is 23.1 Å². The van der Waals surface area contributed by atoms with Crippen molar-refractivity contribution >= 4 is 40.1 Å². The number of fused-ring (bicyclic) bond motifs is 1. The number of ether oxygens (including phenoxy) is 4. The number of carbonyl (C=O) groups excluding carboxylic acids is 2. The molecule has 11 nitrogen and oxygen atoms in total. The van der Waals surface area contributed by atoms with Crippen LogP contribution in [0.25, 0.3) is 10.9 Å². The molecule has 3 heterocycles. The first-order valence-corrected chi connectivity index (χ1v) is 14.1. The molecule has 2 aromatic carbocycles. The fourth-order valence-corrected chi connectivity index (χ4v) is 5.11. The molecule has 0 radical (unpaired) electrons. The molecule has 1 spiro atoms. The fraction of sp³-hybridized carbons (Fsp3) is 0.448. The van der Waals surface area contributed by atoms with E-state index in [0.717, 1.165) is 45.6 Å². The second kappa shape index (κ2) is 12.8. The zero-order chi connectivity index (χ0) is 28.8. The Morgan fingerprint density at radius 1 is 1.12 bits per heavy atom. The summed E-state index contributed by atoms with van der Waals surface area (Å²) in [5, 5.41) is 6.37. The molecule has 0 saturated carbocycles. The van der Waals surface area contributed by atoms with Crippen LogP contribution in [0.1, 0.15) is 32.6 Å². The van der Waals surface area contributed by atoms with E-state index in [4.69, 9.17) is 30.5 Å². The van der Waals surface area contributed by atoms with Gasteiger partial charge in [0.15, 0.2) is 11.5 Å². The quantitative estimate of drug-likeness (QED) is 0.341. The molecule has 2 saturated heterocycles. The first kappa shape index (κ1) is 28.7. The van der Waals surface area contributed by atoms with Crippen molar-refractivity contribution in [3.63, 3.8) is 0 Å². The van der Waals surface area contributed by atoms with E-state index >= 15 is 0 Å². The predicted octanol–water partition coefficient (Wildman–Crippen LogP) is 5.02. The monoisotopic (exact) mass is 583 g/mol. The van der Waals surface area contributed by atoms with E-state index in [9.17, 15) is 9.59 Å². The third-order valence-electron chi connectivity index (χ3n) is 7.39. The Morgan fingerprint density at radius 3 is 2.61 bits per heavy atom. The van der Waals surface area contributed by atoms with Gasteiger partial charge >= 0.3 is 6.03 Å². The molecule has 218 valence electrons. The first-order chi connectivity index (χ1) is 19.9. The number of hydrogen-bond acceptors (Lipinski definition) is 8. The van der Waals surface area contributed by atoms with Gasteiger partial charge in [-0.05, 0) is 37.5 Å². The second-order valence-corrected chi connectivity index (χ2v) is 10.7. The van der Waals surface area contributed by atoms with Crippen molar-refractivity contribution in [3.05, 3.63) is 41.7 Å². The molecule has 2 aliphatic heterocycles. The van der Waals surface area contributed by atoms with Crippen molar-refractivity contribution in [2.75, 3.05) is 51.9 Å². The summed E-state index contributed by atoms with van der Waals surface area (Å²) in [6.07, 6.45) is 4.48. The van der Waals surface area contributed by atoms with Gasteiger partial charge in [-0.2, -0.15) is 0 Å². The van der Waals surface area contributed by atoms with Crippen molar-refractivity contribution < 1.29 is 28.5 Å². The van der Waals surface area contributed by atoms with Crippen LogP contribution in [0.15, 0.2) is 36.7 Å². The van der Waals surface area contributed by atoms with Crippen LogP contribution in [0.3, 0.4) is 0 Å². The van der Waals surface area contributed by atoms with Crippen molar-refractivity contribution in [1.82, 2.24) is 20.2 Å². The number of anilines is 1. The van der Waals surface area contributed by atoms with Gasteiger partial charge in [-0.25, -0.2) is 14.8 Å². The minimum absolute atomic E-state index is 0.0827. The third kappa shape index (κ3) is 6.74. The molecule has 41 heavy (non-hydrogen) atoms. The van der Waals surface area contributed by atoms with Crippen LogP contribution < -0.4 is 24.8 Å². The highest BCUT2D eigenvalue weighted by Gasteiger charge is 2.41. The van der Waals surface area contributed by atoms with E-state index in [2.05, 4.69) is 20.6 Å². The number of halogens is 1. The summed E-state index contributed by atoms with van der Waals surface area (Å²) in [5.41, 5.74) is 1.33. The summed E-state index contributed by atoms with van der Waals surface area (Å²) in [7, 11) is 1.54. The highest BCUT2D eigenvalue weighted by atomic mass is 35.5. The van der Waals surface area contributed by atoms with Gasteiger partial charge in [0, 0.05) is 37.2 Å². The molecule has 2 fully saturated rings. The van der Waals surface area contributed by atoms with E-state index in [1.165, 1.54) is 6.33 Å². The molecule has 0 bridgehead atoms. The Balaban J connectivity index is 1.22. The Kier molecular flexibility index (Phi) is 8.94. The van der Waals surface area contributed by atoms with Gasteiger partial charge in [0.2, 0.25) is 11.8 Å². The molecule has 3 amide bonds. The zero-order valence-corrected chi connectivity index (χ0v) is 24.0. The molecule has 3 aromatic rings. The maximum absolute atomic E-state index is 12.7. The number of amides is 3. The van der Waals surface area contributed by atoms with Crippen LogP contribution in [-0.2, 0) is 9.53 Å². The second-order valence-electron chi connectivity index (χ2n) is 10.3. The summed E-state index contributed by atoms with van der Waals surface area (Å²) in [4.78, 5) is 35.3. The molecule has 2 aliphatic rings. The smallest absolute Gasteiger partial charge is 0.319 e. The van der Waals surface area contributed by atoms with Crippen molar-refractivity contribution in [2.24, 2.45) is 5.41 Å². The van der Waals surface area contributed by atoms with Crippen LogP contribution in [0.2, 0.25) is 5.02 Å². The maximum Gasteiger partial charge on any atom is 0.319 e. The Morgan fingerprint density at radius 2 is 1.93 bits per heavy atom. The largest absolute Gasteiger partial charge is 0.493 e. The van der Waals surface area contributed by atoms with Gasteiger partial charge < -0.3 is 34.5 Å². The molecular formula is C29H34ClN5O6. The van der Waals surface area contributed by atoms with Gasteiger partial charge in [-0.1, -0.05) is 18.5 Å². The molecular weight excluding hydrogens is 550 g/mol. The molecule has 0 aliphatic carbocycles. The van der Waals surface area contributed by atoms with Crippen LogP contribution in [0.4, 0.5) is 10.5 Å². The van der Waals surface area contributed by atoms with E-state index in [-0.39, 0.29) is 30.4 Å². The summed E-state index contributed by atoms with van der Waals surface area (Å²) >= 11 is 6.38. The standard InChI is InChI=1S/C29H34ClN5O6/c1-3-9-31-28(37)34-22-5-4-19(13-21(22)30)41-27-20-14-24(38-2)25(15-23(20)32-18-33-27)40-12-6-26(36)35-10-7-29(8-11-35)16-39-17-29/h4-5,13-15,18H,3,6-12,16-17H2,1-2H3,(H2,31,34,37). The number of nitrogens with one attached hydrogen (secondary N) is 2. The topological polar surface area (TPSA) is 124 Å². The summed E-state index contributed by atoms with van der Waals surface area (Å²) in [5.74, 6) is 1.75. The van der Waals surface area contributed by atoms with Gasteiger partial charge in [0.1, 0.15) is 12.1 Å². The Bertz CT molecular complexity index is 1410. The molecule has 5 rings (SSSR count). The Hall–Kier alpha value is -3.83. The summed E-state index contributed by atoms with van der Waals surface area (Å²) < 4.78 is 22.9. The number of piperidine rings is 1. The molecule has 2 N–H and O–H groups in total. The summed E-state index contributed by atoms with van der Waals surface area (Å²) in [6.45, 7) is 5.91. The normalized spacial score (nSPS) is 15.7. The SMILES string of the molecule is CCCNC(=O)Nc1ccc(Oc2ncnc3cc(OCCC(=O)N4CCC5(CC4)COC5)c(OC)cc23)cc1Cl. The maximum atomic E-state index is 12.7. The minimum atomic E-state index is -0.331. The Labute approximate surface area is 243 Å². The predicted molar refractivity (Wildman–Crippen MR) is 154 cm³/mol. The van der Waals surface area contributed by atoms with E-state index in [1.807, 2.05) is 11.8 Å². The molecule has 1 aromatic heterocycles. The van der Waals surface area contributed by atoms with Crippen molar-refractivity contribution in [3.8, 4) is 23.1 Å². The van der Waals surface area contributed by atoms with Crippen molar-refractivity contribution in [1.29, 1.82) is 0 Å². The van der Waals surface area contributed by atoms with Gasteiger partial charge in [-0.15, -0.1) is 0 Å². The van der Waals surface area contributed by atoms with Gasteiger partial charge in [-0.3, -0.25) is 4.79 Å². The highest BCUT2D eigenvalue weighted by molar-refractivity contribution is 6.33. The molecule has 0 atom stereocenters. The van der Waals surface area contributed by atoms with Crippen LogP contribution in [0, 0.1) is 5.41 Å². The molecule has 0 unspecified atom stereocenters. The average molecular weight is 584 g/mol. The summed E-state index contributed by atoms with van der Waals surface area (Å²) in [6, 6.07) is 8.08. The lowest BCUT2D eigenvalue weighted by molar-refractivity contribution is -0.153. The van der Waals surface area contributed by atoms with Crippen LogP contribution >= 0.6 is 11.6 Å². The third-order valence-corrected chi connectivity index (χ3v) is 7.70. The molecule has 12 heteroatoms. The number of methoxy groups -OCH3 is 1. The van der Waals surface area contributed by atoms with E-state index in [0.29, 0.717) is 51.3 Å². The number of likely N-dealkylation sites (tertiary alicyclic amines) is 1. The van der Waals surface area contributed by atoms with Crippen LogP contribution in [-0.4, -0.2) is 73.4 Å². The lowest BCUT2D eigenvalue weighted by Crippen LogP contribution is -2.52. The van der Waals surface area contributed by atoms with E-state index in [1.54, 1.807) is 37.4 Å². The number of urea groups is 1. The van der Waals surface area contributed by atoms with Gasteiger partial charge in [0.05, 0.1) is 55.0 Å². The number of carbonyl (C=O) groups is 2. The lowest BCUT2D eigenvalue weighted by Gasteiger charge is -2.47. The van der Waals surface area contributed by atoms with Crippen molar-refractivity contribution in [2.45, 2.75) is 32.6 Å². The number of aromatic nitrogens is 2. The first-order valence-electron chi connectivity index (χ1n) is 13.7. The van der Waals surface area contributed by atoms with Gasteiger partial charge in [0.25, 0.3) is 0 Å².